The van der Waals surface area contributed by atoms with Gasteiger partial charge in [0.25, 0.3) is 0 Å². The molecule has 2 atom stereocenters. The molecule has 0 aromatic heterocycles. The number of nitrogens with zero attached hydrogens (tertiary/aromatic N) is 1. The molecule has 1 aliphatic rings. The second-order valence-electron chi connectivity index (χ2n) is 10.1. The van der Waals surface area contributed by atoms with Gasteiger partial charge in [0, 0.05) is 12.6 Å². The first-order chi connectivity index (χ1) is 15.4. The van der Waals surface area contributed by atoms with Crippen LogP contribution in [0.25, 0.3) is 0 Å². The van der Waals surface area contributed by atoms with Crippen molar-refractivity contribution < 1.29 is 5.11 Å². The van der Waals surface area contributed by atoms with Crippen LogP contribution in [-0.4, -0.2) is 28.7 Å². The highest BCUT2D eigenvalue weighted by molar-refractivity contribution is 7.79. The average Bonchev–Trinajstić information content (AvgIpc) is 3.24. The Bertz CT molecular complexity index is 943. The van der Waals surface area contributed by atoms with E-state index in [0.717, 1.165) is 25.9 Å². The van der Waals surface area contributed by atoms with Gasteiger partial charge in [-0.1, -0.05) is 106 Å². The van der Waals surface area contributed by atoms with E-state index in [4.69, 9.17) is 0 Å². The third-order valence-electron chi connectivity index (χ3n) is 6.31. The van der Waals surface area contributed by atoms with Crippen LogP contribution in [0.4, 0.5) is 0 Å². The molecule has 0 radical (unpaired) electrons. The lowest BCUT2D eigenvalue weighted by Crippen LogP contribution is -2.41. The van der Waals surface area contributed by atoms with Gasteiger partial charge in [-0.2, -0.15) is 0 Å². The number of aliphatic hydroxyl groups is 1. The topological polar surface area (TPSA) is 23.5 Å². The van der Waals surface area contributed by atoms with Crippen molar-refractivity contribution in [3.63, 3.8) is 0 Å². The first-order valence-corrected chi connectivity index (χ1v) is 13.2. The van der Waals surface area contributed by atoms with E-state index in [1.165, 1.54) is 27.9 Å². The fourth-order valence-corrected chi connectivity index (χ4v) is 7.37. The SMILES string of the molecule is CC(C)(C)C[C@@H](O)C1CCCN1Cc1ccccc1P(c1ccccc1)c1ccccc1. The Hall–Kier alpha value is -1.99. The minimum atomic E-state index is -0.628. The van der Waals surface area contributed by atoms with E-state index >= 15 is 0 Å². The van der Waals surface area contributed by atoms with Gasteiger partial charge < -0.3 is 5.11 Å². The van der Waals surface area contributed by atoms with Gasteiger partial charge in [-0.15, -0.1) is 0 Å². The normalized spacial score (nSPS) is 18.2. The maximum absolute atomic E-state index is 11.0. The van der Waals surface area contributed by atoms with E-state index < -0.39 is 7.92 Å². The van der Waals surface area contributed by atoms with E-state index in [1.807, 2.05) is 0 Å². The quantitative estimate of drug-likeness (QED) is 0.505. The van der Waals surface area contributed by atoms with Crippen molar-refractivity contribution in [3.05, 3.63) is 90.5 Å². The lowest BCUT2D eigenvalue weighted by atomic mass is 9.86. The fourth-order valence-electron chi connectivity index (χ4n) is 4.91. The predicted octanol–water partition coefficient (Wildman–Crippen LogP) is 5.21. The van der Waals surface area contributed by atoms with Gasteiger partial charge in [0.15, 0.2) is 0 Å². The number of likely N-dealkylation sites (tertiary alicyclic amines) is 1. The van der Waals surface area contributed by atoms with Crippen molar-refractivity contribution in [1.82, 2.24) is 4.90 Å². The Balaban J connectivity index is 1.66. The second kappa shape index (κ2) is 10.3. The van der Waals surface area contributed by atoms with Gasteiger partial charge in [0.2, 0.25) is 0 Å². The number of aliphatic hydroxyl groups excluding tert-OH is 1. The van der Waals surface area contributed by atoms with Gasteiger partial charge in [-0.3, -0.25) is 4.90 Å². The van der Waals surface area contributed by atoms with Gasteiger partial charge >= 0.3 is 0 Å². The molecule has 32 heavy (non-hydrogen) atoms. The van der Waals surface area contributed by atoms with Crippen LogP contribution < -0.4 is 15.9 Å². The van der Waals surface area contributed by atoms with Crippen LogP contribution in [0, 0.1) is 5.41 Å². The van der Waals surface area contributed by atoms with E-state index in [-0.39, 0.29) is 17.6 Å². The molecule has 0 saturated carbocycles. The molecule has 1 saturated heterocycles. The van der Waals surface area contributed by atoms with Crippen LogP contribution in [0.5, 0.6) is 0 Å². The van der Waals surface area contributed by atoms with Crippen LogP contribution in [0.1, 0.15) is 45.6 Å². The Morgan fingerprint density at radius 3 is 2.03 bits per heavy atom. The molecule has 2 nitrogen and oxygen atoms in total. The minimum Gasteiger partial charge on any atom is -0.391 e. The Labute approximate surface area is 195 Å². The molecule has 1 N–H and O–H groups in total. The molecule has 1 heterocycles. The van der Waals surface area contributed by atoms with Crippen LogP contribution in [0.3, 0.4) is 0 Å². The summed E-state index contributed by atoms with van der Waals surface area (Å²) < 4.78 is 0. The first-order valence-electron chi connectivity index (χ1n) is 11.8. The molecule has 0 bridgehead atoms. The number of hydrogen-bond acceptors (Lipinski definition) is 2. The Morgan fingerprint density at radius 1 is 0.875 bits per heavy atom. The summed E-state index contributed by atoms with van der Waals surface area (Å²) in [7, 11) is -0.628. The van der Waals surface area contributed by atoms with Crippen LogP contribution in [-0.2, 0) is 6.54 Å². The number of benzene rings is 3. The number of rotatable bonds is 7. The summed E-state index contributed by atoms with van der Waals surface area (Å²) in [5.74, 6) is 0. The summed E-state index contributed by atoms with van der Waals surface area (Å²) in [6.45, 7) is 8.63. The maximum atomic E-state index is 11.0. The Kier molecular flexibility index (Phi) is 7.46. The summed E-state index contributed by atoms with van der Waals surface area (Å²) in [4.78, 5) is 2.53. The zero-order chi connectivity index (χ0) is 22.6. The third kappa shape index (κ3) is 5.67. The molecule has 0 aliphatic carbocycles. The molecule has 0 spiro atoms. The molecular formula is C29H36NOP. The zero-order valence-corrected chi connectivity index (χ0v) is 20.5. The van der Waals surface area contributed by atoms with Gasteiger partial charge in [0.05, 0.1) is 6.10 Å². The van der Waals surface area contributed by atoms with Crippen molar-refractivity contribution in [2.75, 3.05) is 6.54 Å². The maximum Gasteiger partial charge on any atom is 0.0700 e. The van der Waals surface area contributed by atoms with Gasteiger partial charge in [-0.05, 0) is 60.6 Å². The average molecular weight is 446 g/mol. The van der Waals surface area contributed by atoms with Crippen LogP contribution >= 0.6 is 7.92 Å². The molecule has 4 rings (SSSR count). The van der Waals surface area contributed by atoms with Crippen molar-refractivity contribution in [2.45, 2.75) is 58.7 Å². The smallest absolute Gasteiger partial charge is 0.0700 e. The monoisotopic (exact) mass is 445 g/mol. The highest BCUT2D eigenvalue weighted by Gasteiger charge is 2.33. The summed E-state index contributed by atoms with van der Waals surface area (Å²) in [6, 6.07) is 31.1. The van der Waals surface area contributed by atoms with Crippen molar-refractivity contribution >= 4 is 23.8 Å². The third-order valence-corrected chi connectivity index (χ3v) is 8.86. The summed E-state index contributed by atoms with van der Waals surface area (Å²) >= 11 is 0. The molecule has 168 valence electrons. The minimum absolute atomic E-state index is 0.139. The molecule has 1 aliphatic heterocycles. The van der Waals surface area contributed by atoms with Crippen LogP contribution in [0.2, 0.25) is 0 Å². The Morgan fingerprint density at radius 2 is 1.44 bits per heavy atom. The molecule has 1 unspecified atom stereocenters. The molecule has 0 amide bonds. The van der Waals surface area contributed by atoms with Gasteiger partial charge in [0.1, 0.15) is 0 Å². The lowest BCUT2D eigenvalue weighted by molar-refractivity contribution is 0.0392. The van der Waals surface area contributed by atoms with E-state index in [2.05, 4.69) is 111 Å². The molecule has 3 aromatic rings. The largest absolute Gasteiger partial charge is 0.391 e. The molecule has 1 fully saturated rings. The van der Waals surface area contributed by atoms with Crippen molar-refractivity contribution in [1.29, 1.82) is 0 Å². The predicted molar refractivity (Wildman–Crippen MR) is 139 cm³/mol. The van der Waals surface area contributed by atoms with E-state index in [0.29, 0.717) is 0 Å². The fraction of sp³-hybridized carbons (Fsp3) is 0.379. The van der Waals surface area contributed by atoms with Crippen molar-refractivity contribution in [3.8, 4) is 0 Å². The van der Waals surface area contributed by atoms with Gasteiger partial charge in [-0.25, -0.2) is 0 Å². The molecular weight excluding hydrogens is 409 g/mol. The first kappa shape index (κ1) is 23.2. The standard InChI is InChI=1S/C29H36NOP/c1-29(2,3)21-27(31)26-18-12-20-30(26)22-23-13-10-11-19-28(23)32(24-14-6-4-7-15-24)25-16-8-5-9-17-25/h4-11,13-17,19,26-27,31H,12,18,20-22H2,1-3H3/t26?,27-/m1/s1. The van der Waals surface area contributed by atoms with E-state index in [9.17, 15) is 5.11 Å². The van der Waals surface area contributed by atoms with Crippen molar-refractivity contribution in [2.24, 2.45) is 5.41 Å². The van der Waals surface area contributed by atoms with E-state index in [1.54, 1.807) is 0 Å². The lowest BCUT2D eigenvalue weighted by Gasteiger charge is -2.33. The van der Waals surface area contributed by atoms with Crippen LogP contribution in [0.15, 0.2) is 84.9 Å². The highest BCUT2D eigenvalue weighted by Crippen LogP contribution is 2.35. The summed E-state index contributed by atoms with van der Waals surface area (Å²) in [5, 5.41) is 15.2. The highest BCUT2D eigenvalue weighted by atomic mass is 31.1. The summed E-state index contributed by atoms with van der Waals surface area (Å²) in [6.07, 6.45) is 2.83. The number of hydrogen-bond donors (Lipinski definition) is 1. The summed E-state index contributed by atoms with van der Waals surface area (Å²) in [5.41, 5.74) is 1.53. The second-order valence-corrected chi connectivity index (χ2v) is 12.3. The zero-order valence-electron chi connectivity index (χ0n) is 19.6. The molecule has 3 heteroatoms. The molecule has 3 aromatic carbocycles.